The molecule has 2 atom stereocenters. The summed E-state index contributed by atoms with van der Waals surface area (Å²) < 4.78 is 0. The fraction of sp³-hybridized carbons (Fsp3) is 0.833. The first-order valence-corrected chi connectivity index (χ1v) is 3.30. The van der Waals surface area contributed by atoms with E-state index in [-0.39, 0.29) is 11.3 Å². The molecule has 0 N–H and O–H groups in total. The van der Waals surface area contributed by atoms with Crippen LogP contribution in [-0.4, -0.2) is 5.38 Å². The molecule has 0 radical (unpaired) electrons. The van der Waals surface area contributed by atoms with Gasteiger partial charge in [0.05, 0.1) is 6.07 Å². The highest BCUT2D eigenvalue weighted by Gasteiger charge is 2.21. The van der Waals surface area contributed by atoms with Gasteiger partial charge in [-0.1, -0.05) is 0 Å². The van der Waals surface area contributed by atoms with Gasteiger partial charge in [0, 0.05) is 11.3 Å². The van der Waals surface area contributed by atoms with Gasteiger partial charge in [0.15, 0.2) is 0 Å². The zero-order chi connectivity index (χ0) is 5.98. The lowest BCUT2D eigenvalue weighted by Gasteiger charge is -1.92. The SMILES string of the molecule is N#CC1CCC(Cl)C1. The van der Waals surface area contributed by atoms with Crippen LogP contribution in [0.15, 0.2) is 0 Å². The Morgan fingerprint density at radius 1 is 1.50 bits per heavy atom. The molecular formula is C6H8ClN. The van der Waals surface area contributed by atoms with Crippen LogP contribution in [-0.2, 0) is 0 Å². The lowest BCUT2D eigenvalue weighted by molar-refractivity contribution is 0.702. The molecule has 1 saturated carbocycles. The first-order valence-electron chi connectivity index (χ1n) is 2.86. The van der Waals surface area contributed by atoms with Gasteiger partial charge in [0.2, 0.25) is 0 Å². The Labute approximate surface area is 54.3 Å². The number of hydrogen-bond donors (Lipinski definition) is 0. The summed E-state index contributed by atoms with van der Waals surface area (Å²) in [4.78, 5) is 0. The number of nitrogens with zero attached hydrogens (tertiary/aromatic N) is 1. The van der Waals surface area contributed by atoms with E-state index in [2.05, 4.69) is 6.07 Å². The number of hydrogen-bond acceptors (Lipinski definition) is 1. The molecule has 1 fully saturated rings. The van der Waals surface area contributed by atoms with Crippen molar-refractivity contribution in [3.63, 3.8) is 0 Å². The van der Waals surface area contributed by atoms with E-state index >= 15 is 0 Å². The minimum Gasteiger partial charge on any atom is -0.198 e. The molecule has 1 nitrogen and oxygen atoms in total. The van der Waals surface area contributed by atoms with Gasteiger partial charge >= 0.3 is 0 Å². The predicted octanol–water partition coefficient (Wildman–Crippen LogP) is 1.92. The summed E-state index contributed by atoms with van der Waals surface area (Å²) in [6.45, 7) is 0. The number of alkyl halides is 1. The molecule has 2 heteroatoms. The fourth-order valence-electron chi connectivity index (χ4n) is 1.04. The molecule has 1 rings (SSSR count). The lowest BCUT2D eigenvalue weighted by atomic mass is 10.1. The highest BCUT2D eigenvalue weighted by Crippen LogP contribution is 2.28. The van der Waals surface area contributed by atoms with E-state index < -0.39 is 0 Å². The Bertz CT molecular complexity index is 116. The maximum Gasteiger partial charge on any atom is 0.0656 e. The molecule has 8 heavy (non-hydrogen) atoms. The number of halogens is 1. The van der Waals surface area contributed by atoms with Crippen LogP contribution in [0.2, 0.25) is 0 Å². The molecular weight excluding hydrogens is 122 g/mol. The molecule has 0 aromatic rings. The van der Waals surface area contributed by atoms with Crippen LogP contribution in [0, 0.1) is 17.2 Å². The quantitative estimate of drug-likeness (QED) is 0.459. The molecule has 1 aliphatic rings. The maximum absolute atomic E-state index is 8.38. The molecule has 2 unspecified atom stereocenters. The van der Waals surface area contributed by atoms with Crippen molar-refractivity contribution in [3.8, 4) is 6.07 Å². The Hall–Kier alpha value is -0.220. The summed E-state index contributed by atoms with van der Waals surface area (Å²) in [6.07, 6.45) is 2.93. The average Bonchev–Trinajstić information content (AvgIpc) is 2.14. The normalized spacial score (nSPS) is 37.0. The van der Waals surface area contributed by atoms with Crippen LogP contribution in [0.3, 0.4) is 0 Å². The van der Waals surface area contributed by atoms with Crippen LogP contribution in [0.5, 0.6) is 0 Å². The maximum atomic E-state index is 8.38. The minimum atomic E-state index is 0.248. The molecule has 0 saturated heterocycles. The fourth-order valence-corrected chi connectivity index (χ4v) is 1.38. The number of rotatable bonds is 0. The summed E-state index contributed by atoms with van der Waals surface area (Å²) in [6, 6.07) is 2.21. The van der Waals surface area contributed by atoms with Crippen LogP contribution in [0.4, 0.5) is 0 Å². The monoisotopic (exact) mass is 129 g/mol. The highest BCUT2D eigenvalue weighted by atomic mass is 35.5. The Morgan fingerprint density at radius 2 is 2.25 bits per heavy atom. The molecule has 0 aliphatic heterocycles. The van der Waals surface area contributed by atoms with Crippen LogP contribution < -0.4 is 0 Å². The zero-order valence-electron chi connectivity index (χ0n) is 4.60. The third-order valence-corrected chi connectivity index (χ3v) is 1.95. The molecule has 0 bridgehead atoms. The standard InChI is InChI=1S/C6H8ClN/c7-6-2-1-5(3-6)4-8/h5-6H,1-3H2. The minimum absolute atomic E-state index is 0.248. The molecule has 0 heterocycles. The smallest absolute Gasteiger partial charge is 0.0656 e. The zero-order valence-corrected chi connectivity index (χ0v) is 5.36. The highest BCUT2D eigenvalue weighted by molar-refractivity contribution is 6.20. The van der Waals surface area contributed by atoms with Gasteiger partial charge < -0.3 is 0 Å². The largest absolute Gasteiger partial charge is 0.198 e. The van der Waals surface area contributed by atoms with E-state index in [0.29, 0.717) is 0 Å². The number of nitriles is 1. The van der Waals surface area contributed by atoms with Crippen molar-refractivity contribution in [1.82, 2.24) is 0 Å². The summed E-state index contributed by atoms with van der Waals surface area (Å²) in [7, 11) is 0. The van der Waals surface area contributed by atoms with Crippen molar-refractivity contribution in [2.24, 2.45) is 5.92 Å². The summed E-state index contributed by atoms with van der Waals surface area (Å²) in [5.41, 5.74) is 0. The molecule has 0 aromatic carbocycles. The third kappa shape index (κ3) is 1.14. The van der Waals surface area contributed by atoms with E-state index in [0.717, 1.165) is 19.3 Å². The molecule has 0 spiro atoms. The summed E-state index contributed by atoms with van der Waals surface area (Å²) >= 11 is 5.73. The van der Waals surface area contributed by atoms with Gasteiger partial charge in [-0.2, -0.15) is 5.26 Å². The second-order valence-electron chi connectivity index (χ2n) is 2.24. The third-order valence-electron chi connectivity index (χ3n) is 1.55. The van der Waals surface area contributed by atoms with Gasteiger partial charge in [-0.3, -0.25) is 0 Å². The second kappa shape index (κ2) is 2.37. The van der Waals surface area contributed by atoms with Crippen molar-refractivity contribution in [2.75, 3.05) is 0 Å². The topological polar surface area (TPSA) is 23.8 Å². The Kier molecular flexibility index (Phi) is 1.75. The van der Waals surface area contributed by atoms with Crippen molar-refractivity contribution in [1.29, 1.82) is 5.26 Å². The van der Waals surface area contributed by atoms with Crippen molar-refractivity contribution in [2.45, 2.75) is 24.6 Å². The lowest BCUT2D eigenvalue weighted by Crippen LogP contribution is -1.89. The average molecular weight is 130 g/mol. The van der Waals surface area contributed by atoms with Crippen LogP contribution in [0.1, 0.15) is 19.3 Å². The van der Waals surface area contributed by atoms with Gasteiger partial charge in [-0.15, -0.1) is 11.6 Å². The van der Waals surface area contributed by atoms with Gasteiger partial charge in [-0.25, -0.2) is 0 Å². The predicted molar refractivity (Wildman–Crippen MR) is 32.6 cm³/mol. The van der Waals surface area contributed by atoms with E-state index in [4.69, 9.17) is 16.9 Å². The van der Waals surface area contributed by atoms with E-state index in [9.17, 15) is 0 Å². The van der Waals surface area contributed by atoms with Crippen molar-refractivity contribution in [3.05, 3.63) is 0 Å². The van der Waals surface area contributed by atoms with Crippen LogP contribution in [0.25, 0.3) is 0 Å². The Balaban J connectivity index is 2.35. The summed E-state index contributed by atoms with van der Waals surface area (Å²) in [5, 5.41) is 8.65. The van der Waals surface area contributed by atoms with Crippen LogP contribution >= 0.6 is 11.6 Å². The molecule has 1 aliphatic carbocycles. The molecule has 0 aromatic heterocycles. The summed E-state index contributed by atoms with van der Waals surface area (Å²) in [5.74, 6) is 0.248. The Morgan fingerprint density at radius 3 is 2.50 bits per heavy atom. The van der Waals surface area contributed by atoms with Gasteiger partial charge in [0.25, 0.3) is 0 Å². The second-order valence-corrected chi connectivity index (χ2v) is 2.85. The van der Waals surface area contributed by atoms with E-state index in [1.54, 1.807) is 0 Å². The first kappa shape index (κ1) is 5.91. The van der Waals surface area contributed by atoms with E-state index in [1.807, 2.05) is 0 Å². The first-order chi connectivity index (χ1) is 3.83. The van der Waals surface area contributed by atoms with Gasteiger partial charge in [-0.05, 0) is 19.3 Å². The molecule has 44 valence electrons. The van der Waals surface area contributed by atoms with E-state index in [1.165, 1.54) is 0 Å². The van der Waals surface area contributed by atoms with Crippen molar-refractivity contribution >= 4 is 11.6 Å². The van der Waals surface area contributed by atoms with Gasteiger partial charge in [0.1, 0.15) is 0 Å². The van der Waals surface area contributed by atoms with Crippen molar-refractivity contribution < 1.29 is 0 Å². The molecule has 0 amide bonds.